The van der Waals surface area contributed by atoms with Crippen LogP contribution in [0, 0.1) is 0 Å². The number of nitrogens with zero attached hydrogens (tertiary/aromatic N) is 1. The lowest BCUT2D eigenvalue weighted by Crippen LogP contribution is -2.15. The van der Waals surface area contributed by atoms with E-state index in [0.29, 0.717) is 30.0 Å². The van der Waals surface area contributed by atoms with Crippen LogP contribution < -0.4 is 15.8 Å². The molecule has 4 N–H and O–H groups in total. The molecule has 0 bridgehead atoms. The number of aliphatic carboxylic acids is 1. The van der Waals surface area contributed by atoms with Crippen LogP contribution in [0.15, 0.2) is 36.4 Å². The van der Waals surface area contributed by atoms with E-state index in [1.807, 2.05) is 6.07 Å². The summed E-state index contributed by atoms with van der Waals surface area (Å²) < 4.78 is 5.73. The number of carboxylic acids is 1. The predicted molar refractivity (Wildman–Crippen MR) is 92.4 cm³/mol. The normalized spacial score (nSPS) is 15.3. The van der Waals surface area contributed by atoms with Crippen molar-refractivity contribution in [2.24, 2.45) is 0 Å². The number of aromatic nitrogens is 1. The van der Waals surface area contributed by atoms with E-state index in [-0.39, 0.29) is 24.9 Å². The van der Waals surface area contributed by atoms with Crippen molar-refractivity contribution in [3.63, 3.8) is 0 Å². The number of benzene rings is 1. The Labute approximate surface area is 144 Å². The lowest BCUT2D eigenvalue weighted by Gasteiger charge is -2.08. The zero-order valence-electron chi connectivity index (χ0n) is 13.6. The number of amides is 1. The molecule has 0 saturated heterocycles. The second-order valence-electron chi connectivity index (χ2n) is 5.98. The van der Waals surface area contributed by atoms with Crippen LogP contribution in [0.4, 0.5) is 11.5 Å². The van der Waals surface area contributed by atoms with E-state index in [9.17, 15) is 9.59 Å². The highest BCUT2D eigenvalue weighted by Gasteiger charge is 2.23. The maximum Gasteiger partial charge on any atom is 0.303 e. The van der Waals surface area contributed by atoms with Gasteiger partial charge in [0.25, 0.3) is 0 Å². The smallest absolute Gasteiger partial charge is 0.303 e. The third kappa shape index (κ3) is 4.47. The van der Waals surface area contributed by atoms with Gasteiger partial charge in [-0.3, -0.25) is 9.59 Å². The number of ether oxygens (including phenoxy) is 1. The molecule has 1 aromatic heterocycles. The Morgan fingerprint density at radius 3 is 2.92 bits per heavy atom. The molecular weight excluding hydrogens is 322 g/mol. The monoisotopic (exact) mass is 341 g/mol. The SMILES string of the molecule is Nc1cccc(CC(=O)Nc2ccc3c(c2)CC(CCC(=O)O)O3)n1. The molecule has 1 atom stereocenters. The number of hydrogen-bond acceptors (Lipinski definition) is 5. The largest absolute Gasteiger partial charge is 0.490 e. The Morgan fingerprint density at radius 1 is 1.32 bits per heavy atom. The average Bonchev–Trinajstić information content (AvgIpc) is 2.95. The van der Waals surface area contributed by atoms with Crippen LogP contribution in [0.1, 0.15) is 24.1 Å². The Balaban J connectivity index is 1.59. The number of pyridine rings is 1. The second kappa shape index (κ2) is 7.21. The van der Waals surface area contributed by atoms with E-state index in [4.69, 9.17) is 15.6 Å². The summed E-state index contributed by atoms with van der Waals surface area (Å²) in [6, 6.07) is 10.6. The highest BCUT2D eigenvalue weighted by atomic mass is 16.5. The maximum absolute atomic E-state index is 12.1. The van der Waals surface area contributed by atoms with Crippen molar-refractivity contribution in [3.8, 4) is 5.75 Å². The van der Waals surface area contributed by atoms with Crippen LogP contribution >= 0.6 is 0 Å². The fourth-order valence-electron chi connectivity index (χ4n) is 2.81. The lowest BCUT2D eigenvalue weighted by atomic mass is 10.1. The number of anilines is 2. The van der Waals surface area contributed by atoms with Gasteiger partial charge in [0.15, 0.2) is 0 Å². The molecule has 1 aliphatic heterocycles. The van der Waals surface area contributed by atoms with Crippen molar-refractivity contribution in [1.82, 2.24) is 4.98 Å². The van der Waals surface area contributed by atoms with Gasteiger partial charge in [-0.1, -0.05) is 6.07 Å². The highest BCUT2D eigenvalue weighted by molar-refractivity contribution is 5.92. The van der Waals surface area contributed by atoms with Crippen molar-refractivity contribution in [2.75, 3.05) is 11.1 Å². The first-order chi connectivity index (χ1) is 12.0. The molecule has 0 aliphatic carbocycles. The van der Waals surface area contributed by atoms with Gasteiger partial charge >= 0.3 is 5.97 Å². The molecule has 130 valence electrons. The summed E-state index contributed by atoms with van der Waals surface area (Å²) in [5.41, 5.74) is 7.86. The molecule has 0 radical (unpaired) electrons. The van der Waals surface area contributed by atoms with Gasteiger partial charge in [0.05, 0.1) is 12.1 Å². The van der Waals surface area contributed by atoms with Crippen LogP contribution in [0.5, 0.6) is 5.75 Å². The minimum absolute atomic E-state index is 0.0788. The Kier molecular flexibility index (Phi) is 4.83. The number of carbonyl (C=O) groups is 2. The van der Waals surface area contributed by atoms with Crippen LogP contribution in [-0.4, -0.2) is 28.1 Å². The topological polar surface area (TPSA) is 115 Å². The average molecular weight is 341 g/mol. The van der Waals surface area contributed by atoms with E-state index in [1.54, 1.807) is 30.3 Å². The van der Waals surface area contributed by atoms with Crippen LogP contribution in [-0.2, 0) is 22.4 Å². The summed E-state index contributed by atoms with van der Waals surface area (Å²) in [6.07, 6.45) is 1.19. The minimum Gasteiger partial charge on any atom is -0.490 e. The zero-order chi connectivity index (χ0) is 17.8. The molecule has 7 nitrogen and oxygen atoms in total. The molecule has 0 saturated carbocycles. The minimum atomic E-state index is -0.831. The molecule has 3 rings (SSSR count). The number of hydrogen-bond donors (Lipinski definition) is 3. The van der Waals surface area contributed by atoms with E-state index in [2.05, 4.69) is 10.3 Å². The predicted octanol–water partition coefficient (Wildman–Crippen LogP) is 2.01. The number of nitrogen functional groups attached to an aromatic ring is 1. The molecule has 2 heterocycles. The third-order valence-electron chi connectivity index (χ3n) is 3.94. The van der Waals surface area contributed by atoms with Crippen LogP contribution in [0.25, 0.3) is 0 Å². The highest BCUT2D eigenvalue weighted by Crippen LogP contribution is 2.32. The summed E-state index contributed by atoms with van der Waals surface area (Å²) >= 11 is 0. The summed E-state index contributed by atoms with van der Waals surface area (Å²) in [5, 5.41) is 11.6. The van der Waals surface area contributed by atoms with E-state index in [1.165, 1.54) is 0 Å². The molecule has 7 heteroatoms. The van der Waals surface area contributed by atoms with E-state index in [0.717, 1.165) is 11.3 Å². The lowest BCUT2D eigenvalue weighted by molar-refractivity contribution is -0.137. The molecule has 1 amide bonds. The number of carboxylic acid groups (broad SMARTS) is 1. The van der Waals surface area contributed by atoms with E-state index >= 15 is 0 Å². The molecule has 1 aromatic carbocycles. The van der Waals surface area contributed by atoms with Crippen molar-refractivity contribution in [2.45, 2.75) is 31.8 Å². The van der Waals surface area contributed by atoms with Gasteiger partial charge in [-0.2, -0.15) is 0 Å². The van der Waals surface area contributed by atoms with Gasteiger partial charge in [0, 0.05) is 18.5 Å². The summed E-state index contributed by atoms with van der Waals surface area (Å²) in [5.74, 6) is 0.111. The standard InChI is InChI=1S/C18H19N3O4/c19-16-3-1-2-12(20-16)10-17(22)21-13-4-6-15-11(8-13)9-14(25-15)5-7-18(23)24/h1-4,6,8,14H,5,7,9-10H2,(H2,19,20)(H,21,22)(H,23,24). The molecular formula is C18H19N3O4. The van der Waals surface area contributed by atoms with Crippen molar-refractivity contribution < 1.29 is 19.4 Å². The fraction of sp³-hybridized carbons (Fsp3) is 0.278. The number of rotatable bonds is 6. The maximum atomic E-state index is 12.1. The van der Waals surface area contributed by atoms with Crippen molar-refractivity contribution in [3.05, 3.63) is 47.7 Å². The first-order valence-corrected chi connectivity index (χ1v) is 8.02. The Bertz CT molecular complexity index is 807. The first-order valence-electron chi connectivity index (χ1n) is 8.02. The fourth-order valence-corrected chi connectivity index (χ4v) is 2.81. The van der Waals surface area contributed by atoms with Gasteiger partial charge < -0.3 is 20.9 Å². The molecule has 1 unspecified atom stereocenters. The molecule has 25 heavy (non-hydrogen) atoms. The van der Waals surface area contributed by atoms with Gasteiger partial charge in [-0.25, -0.2) is 4.98 Å². The molecule has 0 spiro atoms. The van der Waals surface area contributed by atoms with Crippen LogP contribution in [0.2, 0.25) is 0 Å². The number of nitrogens with one attached hydrogen (secondary N) is 1. The van der Waals surface area contributed by atoms with E-state index < -0.39 is 5.97 Å². The third-order valence-corrected chi connectivity index (χ3v) is 3.94. The quantitative estimate of drug-likeness (QED) is 0.740. The van der Waals surface area contributed by atoms with Crippen molar-refractivity contribution in [1.29, 1.82) is 0 Å². The summed E-state index contributed by atoms with van der Waals surface area (Å²) in [4.78, 5) is 26.9. The number of fused-ring (bicyclic) bond motifs is 1. The molecule has 1 aliphatic rings. The molecule has 0 fully saturated rings. The Hall–Kier alpha value is -3.09. The molecule has 2 aromatic rings. The zero-order valence-corrected chi connectivity index (χ0v) is 13.6. The second-order valence-corrected chi connectivity index (χ2v) is 5.98. The van der Waals surface area contributed by atoms with Gasteiger partial charge in [0.1, 0.15) is 17.7 Å². The van der Waals surface area contributed by atoms with Gasteiger partial charge in [0.2, 0.25) is 5.91 Å². The summed E-state index contributed by atoms with van der Waals surface area (Å²) in [7, 11) is 0. The van der Waals surface area contributed by atoms with Gasteiger partial charge in [-0.15, -0.1) is 0 Å². The summed E-state index contributed by atoms with van der Waals surface area (Å²) in [6.45, 7) is 0. The van der Waals surface area contributed by atoms with Crippen molar-refractivity contribution >= 4 is 23.4 Å². The Morgan fingerprint density at radius 2 is 2.16 bits per heavy atom. The van der Waals surface area contributed by atoms with Gasteiger partial charge in [-0.05, 0) is 42.3 Å². The van der Waals surface area contributed by atoms with Crippen LogP contribution in [0.3, 0.4) is 0 Å². The number of nitrogens with two attached hydrogens (primary N) is 1. The first kappa shape index (κ1) is 16.8. The number of carbonyl (C=O) groups excluding carboxylic acids is 1.